The van der Waals surface area contributed by atoms with E-state index in [1.807, 2.05) is 0 Å². The molecule has 2 rings (SSSR count). The highest BCUT2D eigenvalue weighted by molar-refractivity contribution is 8.07. The first-order valence-electron chi connectivity index (χ1n) is 5.79. The van der Waals surface area contributed by atoms with Crippen LogP contribution in [0.1, 0.15) is 20.3 Å². The van der Waals surface area contributed by atoms with Crippen molar-refractivity contribution in [3.8, 4) is 0 Å². The van der Waals surface area contributed by atoms with Crippen molar-refractivity contribution in [3.05, 3.63) is 0 Å². The summed E-state index contributed by atoms with van der Waals surface area (Å²) in [5.74, 6) is 1.82. The van der Waals surface area contributed by atoms with E-state index in [1.54, 1.807) is 0 Å². The second-order valence-corrected chi connectivity index (χ2v) is 7.65. The van der Waals surface area contributed by atoms with Crippen LogP contribution in [0, 0.1) is 5.92 Å². The van der Waals surface area contributed by atoms with Gasteiger partial charge in [-0.1, -0.05) is 13.8 Å². The minimum atomic E-state index is 0.333. The van der Waals surface area contributed by atoms with E-state index in [1.165, 1.54) is 5.75 Å². The summed E-state index contributed by atoms with van der Waals surface area (Å²) in [6.07, 6.45) is 1.16. The fraction of sp³-hybridized carbons (Fsp3) is 1.00. The molecule has 0 aromatic heterocycles. The molecule has 2 heterocycles. The predicted octanol–water partition coefficient (Wildman–Crippen LogP) is 1.98. The Kier molecular flexibility index (Phi) is 4.27. The lowest BCUT2D eigenvalue weighted by Gasteiger charge is -2.36. The molecule has 0 bridgehead atoms. The quantitative estimate of drug-likeness (QED) is 0.809. The zero-order valence-electron chi connectivity index (χ0n) is 9.52. The van der Waals surface area contributed by atoms with E-state index in [9.17, 15) is 0 Å². The van der Waals surface area contributed by atoms with Gasteiger partial charge in [0.2, 0.25) is 0 Å². The van der Waals surface area contributed by atoms with Crippen LogP contribution in [0.4, 0.5) is 0 Å². The molecule has 2 aliphatic rings. The van der Waals surface area contributed by atoms with Gasteiger partial charge in [-0.3, -0.25) is 0 Å². The van der Waals surface area contributed by atoms with E-state index in [4.69, 9.17) is 10.5 Å². The smallest absolute Gasteiger partial charge is 0.0510 e. The highest BCUT2D eigenvalue weighted by atomic mass is 32.2. The van der Waals surface area contributed by atoms with Crippen molar-refractivity contribution >= 4 is 23.5 Å². The Hall–Kier alpha value is 0.620. The number of hydrogen-bond donors (Lipinski definition) is 1. The third-order valence-electron chi connectivity index (χ3n) is 3.51. The molecule has 0 aliphatic carbocycles. The lowest BCUT2D eigenvalue weighted by Crippen LogP contribution is -2.44. The Bertz CT molecular complexity index is 209. The number of hydrogen-bond acceptors (Lipinski definition) is 4. The Balaban J connectivity index is 1.87. The van der Waals surface area contributed by atoms with Crippen LogP contribution in [-0.2, 0) is 4.74 Å². The summed E-state index contributed by atoms with van der Waals surface area (Å²) in [5.41, 5.74) is 6.35. The maximum atomic E-state index is 6.35. The fourth-order valence-corrected chi connectivity index (χ4v) is 5.31. The molecular weight excluding hydrogens is 226 g/mol. The van der Waals surface area contributed by atoms with Crippen LogP contribution in [0.15, 0.2) is 0 Å². The predicted molar refractivity (Wildman–Crippen MR) is 69.7 cm³/mol. The largest absolute Gasteiger partial charge is 0.381 e. The molecule has 15 heavy (non-hydrogen) atoms. The average molecular weight is 247 g/mol. The van der Waals surface area contributed by atoms with Gasteiger partial charge in [-0.2, -0.15) is 23.5 Å². The molecular formula is C11H21NOS2. The van der Waals surface area contributed by atoms with Crippen molar-refractivity contribution in [2.24, 2.45) is 11.7 Å². The summed E-state index contributed by atoms with van der Waals surface area (Å²) in [4.78, 5) is 0. The van der Waals surface area contributed by atoms with Crippen LogP contribution >= 0.6 is 23.5 Å². The fourth-order valence-electron chi connectivity index (χ4n) is 2.17. The third-order valence-corrected chi connectivity index (χ3v) is 7.05. The van der Waals surface area contributed by atoms with Crippen LogP contribution in [-0.4, -0.2) is 40.8 Å². The zero-order valence-corrected chi connectivity index (χ0v) is 11.2. The van der Waals surface area contributed by atoms with Gasteiger partial charge in [-0.15, -0.1) is 0 Å². The minimum Gasteiger partial charge on any atom is -0.381 e. The van der Waals surface area contributed by atoms with E-state index in [2.05, 4.69) is 37.4 Å². The normalized spacial score (nSPS) is 44.2. The maximum absolute atomic E-state index is 6.35. The summed E-state index contributed by atoms with van der Waals surface area (Å²) in [5, 5.41) is 2.15. The summed E-state index contributed by atoms with van der Waals surface area (Å²) < 4.78 is 5.42. The molecule has 5 atom stereocenters. The molecule has 2 aliphatic heterocycles. The van der Waals surface area contributed by atoms with Gasteiger partial charge < -0.3 is 10.5 Å². The van der Waals surface area contributed by atoms with Crippen molar-refractivity contribution in [2.75, 3.05) is 19.0 Å². The molecule has 2 fully saturated rings. The summed E-state index contributed by atoms with van der Waals surface area (Å²) in [6, 6.07) is 0.333. The minimum absolute atomic E-state index is 0.333. The van der Waals surface area contributed by atoms with Crippen molar-refractivity contribution in [1.82, 2.24) is 0 Å². The molecule has 0 amide bonds. The molecule has 2 saturated heterocycles. The summed E-state index contributed by atoms with van der Waals surface area (Å²) in [7, 11) is 0. The van der Waals surface area contributed by atoms with Gasteiger partial charge in [0.25, 0.3) is 0 Å². The van der Waals surface area contributed by atoms with Crippen LogP contribution in [0.3, 0.4) is 0 Å². The van der Waals surface area contributed by atoms with Gasteiger partial charge in [0.05, 0.1) is 6.61 Å². The van der Waals surface area contributed by atoms with E-state index in [0.717, 1.165) is 30.1 Å². The second kappa shape index (κ2) is 5.30. The highest BCUT2D eigenvalue weighted by Crippen LogP contribution is 2.38. The van der Waals surface area contributed by atoms with Crippen molar-refractivity contribution < 1.29 is 4.74 Å². The van der Waals surface area contributed by atoms with Crippen LogP contribution < -0.4 is 5.73 Å². The van der Waals surface area contributed by atoms with Gasteiger partial charge in [-0.05, 0) is 6.42 Å². The van der Waals surface area contributed by atoms with Gasteiger partial charge >= 0.3 is 0 Å². The maximum Gasteiger partial charge on any atom is 0.0510 e. The van der Waals surface area contributed by atoms with Gasteiger partial charge in [0.1, 0.15) is 0 Å². The van der Waals surface area contributed by atoms with Crippen LogP contribution in [0.5, 0.6) is 0 Å². The lowest BCUT2D eigenvalue weighted by atomic mass is 9.97. The van der Waals surface area contributed by atoms with E-state index in [0.29, 0.717) is 17.2 Å². The van der Waals surface area contributed by atoms with Crippen molar-refractivity contribution in [1.29, 1.82) is 0 Å². The summed E-state index contributed by atoms with van der Waals surface area (Å²) >= 11 is 4.17. The molecule has 0 saturated carbocycles. The van der Waals surface area contributed by atoms with Crippen LogP contribution in [0.2, 0.25) is 0 Å². The first kappa shape index (κ1) is 12.1. The Morgan fingerprint density at radius 1 is 1.33 bits per heavy atom. The second-order valence-electron chi connectivity index (χ2n) is 4.62. The molecule has 0 spiro atoms. The number of thioether (sulfide) groups is 2. The topological polar surface area (TPSA) is 35.2 Å². The number of ether oxygens (including phenoxy) is 1. The number of nitrogens with two attached hydrogens (primary N) is 1. The Morgan fingerprint density at radius 3 is 2.73 bits per heavy atom. The third kappa shape index (κ3) is 2.84. The monoisotopic (exact) mass is 247 g/mol. The van der Waals surface area contributed by atoms with E-state index >= 15 is 0 Å². The molecule has 88 valence electrons. The molecule has 0 aromatic rings. The zero-order chi connectivity index (χ0) is 10.8. The summed E-state index contributed by atoms with van der Waals surface area (Å²) in [6.45, 7) is 6.44. The van der Waals surface area contributed by atoms with Gasteiger partial charge in [0, 0.05) is 40.1 Å². The molecule has 0 aromatic carbocycles. The Labute approximate surface area is 101 Å². The van der Waals surface area contributed by atoms with Gasteiger partial charge in [-0.25, -0.2) is 0 Å². The molecule has 2 N–H and O–H groups in total. The van der Waals surface area contributed by atoms with Crippen molar-refractivity contribution in [3.63, 3.8) is 0 Å². The average Bonchev–Trinajstić information content (AvgIpc) is 2.74. The molecule has 4 heteroatoms. The lowest BCUT2D eigenvalue weighted by molar-refractivity contribution is 0.181. The number of rotatable bonds is 2. The van der Waals surface area contributed by atoms with E-state index < -0.39 is 0 Å². The molecule has 0 radical (unpaired) electrons. The first-order valence-corrected chi connectivity index (χ1v) is 7.78. The SMILES string of the molecule is CC1SCC(C(N)C2CCOC2)SC1C. The van der Waals surface area contributed by atoms with Crippen molar-refractivity contribution in [2.45, 2.75) is 42.1 Å². The first-order chi connectivity index (χ1) is 7.18. The standard InChI is InChI=1S/C11H21NOS2/c1-7-8(2)15-10(6-14-7)11(12)9-3-4-13-5-9/h7-11H,3-6,12H2,1-2H3. The van der Waals surface area contributed by atoms with E-state index in [-0.39, 0.29) is 0 Å². The molecule has 2 nitrogen and oxygen atoms in total. The van der Waals surface area contributed by atoms with Crippen LogP contribution in [0.25, 0.3) is 0 Å². The van der Waals surface area contributed by atoms with Gasteiger partial charge in [0.15, 0.2) is 0 Å². The highest BCUT2D eigenvalue weighted by Gasteiger charge is 2.34. The molecule has 5 unspecified atom stereocenters. The Morgan fingerprint density at radius 2 is 2.13 bits per heavy atom.